The van der Waals surface area contributed by atoms with E-state index in [2.05, 4.69) is 24.4 Å². The number of hydrogen-bond acceptors (Lipinski definition) is 1. The zero-order valence-corrected chi connectivity index (χ0v) is 10.3. The highest BCUT2D eigenvalue weighted by atomic mass is 19.1. The number of nitrogens with one attached hydrogen (secondary N) is 1. The minimum Gasteiger partial charge on any atom is -0.310 e. The number of hydrogen-bond donors (Lipinski definition) is 1. The summed E-state index contributed by atoms with van der Waals surface area (Å²) in [6.45, 7) is 3.18. The van der Waals surface area contributed by atoms with Gasteiger partial charge in [0.15, 0.2) is 0 Å². The quantitative estimate of drug-likeness (QED) is 0.779. The molecule has 0 aromatic heterocycles. The van der Waals surface area contributed by atoms with Crippen LogP contribution in [-0.4, -0.2) is 6.54 Å². The summed E-state index contributed by atoms with van der Waals surface area (Å²) in [6.07, 6.45) is 8.21. The fourth-order valence-corrected chi connectivity index (χ4v) is 2.25. The largest absolute Gasteiger partial charge is 0.310 e. The third-order valence-corrected chi connectivity index (χ3v) is 3.46. The molecule has 92 valence electrons. The maximum absolute atomic E-state index is 12.8. The lowest BCUT2D eigenvalue weighted by atomic mass is 9.94. The molecule has 1 nitrogen and oxygen atoms in total. The summed E-state index contributed by atoms with van der Waals surface area (Å²) in [5.41, 5.74) is 1.15. The van der Waals surface area contributed by atoms with Crippen LogP contribution in [0.1, 0.15) is 37.8 Å². The van der Waals surface area contributed by atoms with E-state index >= 15 is 0 Å². The van der Waals surface area contributed by atoms with Crippen molar-refractivity contribution in [3.8, 4) is 0 Å². The molecule has 0 spiro atoms. The average Bonchev–Trinajstić information content (AvgIpc) is 2.38. The Hall–Kier alpha value is -1.15. The van der Waals surface area contributed by atoms with Gasteiger partial charge in [-0.2, -0.15) is 0 Å². The Kier molecular flexibility index (Phi) is 4.32. The molecule has 1 aromatic carbocycles. The average molecular weight is 233 g/mol. The molecule has 1 aromatic rings. The van der Waals surface area contributed by atoms with E-state index < -0.39 is 0 Å². The van der Waals surface area contributed by atoms with Crippen LogP contribution < -0.4 is 5.32 Å². The van der Waals surface area contributed by atoms with Gasteiger partial charge in [0.1, 0.15) is 5.82 Å². The van der Waals surface area contributed by atoms with Crippen molar-refractivity contribution in [2.45, 2.75) is 32.2 Å². The predicted molar refractivity (Wildman–Crippen MR) is 69.3 cm³/mol. The number of halogens is 1. The van der Waals surface area contributed by atoms with Crippen molar-refractivity contribution in [2.75, 3.05) is 6.54 Å². The smallest absolute Gasteiger partial charge is 0.123 e. The van der Waals surface area contributed by atoms with Gasteiger partial charge in [0, 0.05) is 6.04 Å². The SMILES string of the molecule is C[C@H](NCC1CC=CCC1)c1ccc(F)cc1. The van der Waals surface area contributed by atoms with Crippen molar-refractivity contribution in [3.05, 3.63) is 47.8 Å². The summed E-state index contributed by atoms with van der Waals surface area (Å²) < 4.78 is 12.8. The van der Waals surface area contributed by atoms with E-state index in [1.807, 2.05) is 12.1 Å². The van der Waals surface area contributed by atoms with Crippen LogP contribution in [0.3, 0.4) is 0 Å². The highest BCUT2D eigenvalue weighted by Crippen LogP contribution is 2.19. The molecule has 0 radical (unpaired) electrons. The molecule has 17 heavy (non-hydrogen) atoms. The summed E-state index contributed by atoms with van der Waals surface area (Å²) in [5, 5.41) is 3.53. The normalized spacial score (nSPS) is 21.4. The van der Waals surface area contributed by atoms with Crippen LogP contribution >= 0.6 is 0 Å². The molecule has 0 fully saturated rings. The van der Waals surface area contributed by atoms with Crippen molar-refractivity contribution in [1.29, 1.82) is 0 Å². The molecule has 1 aliphatic carbocycles. The number of benzene rings is 1. The van der Waals surface area contributed by atoms with Gasteiger partial charge >= 0.3 is 0 Å². The molecule has 1 aliphatic rings. The summed E-state index contributed by atoms with van der Waals surface area (Å²) in [6, 6.07) is 7.05. The van der Waals surface area contributed by atoms with E-state index in [1.54, 1.807) is 0 Å². The lowest BCUT2D eigenvalue weighted by molar-refractivity contribution is 0.415. The molecule has 2 heteroatoms. The second-order valence-corrected chi connectivity index (χ2v) is 4.83. The second-order valence-electron chi connectivity index (χ2n) is 4.83. The van der Waals surface area contributed by atoms with Crippen LogP contribution in [0.5, 0.6) is 0 Å². The molecular formula is C15H20FN. The Labute approximate surface area is 103 Å². The third kappa shape index (κ3) is 3.67. The van der Waals surface area contributed by atoms with Crippen molar-refractivity contribution >= 4 is 0 Å². The molecule has 0 amide bonds. The van der Waals surface area contributed by atoms with E-state index in [9.17, 15) is 4.39 Å². The van der Waals surface area contributed by atoms with Gasteiger partial charge in [-0.25, -0.2) is 4.39 Å². The summed E-state index contributed by atoms with van der Waals surface area (Å²) in [7, 11) is 0. The lowest BCUT2D eigenvalue weighted by Gasteiger charge is -2.21. The van der Waals surface area contributed by atoms with Crippen molar-refractivity contribution in [3.63, 3.8) is 0 Å². The fraction of sp³-hybridized carbons (Fsp3) is 0.467. The van der Waals surface area contributed by atoms with Crippen molar-refractivity contribution in [1.82, 2.24) is 5.32 Å². The molecule has 0 bridgehead atoms. The minimum atomic E-state index is -0.168. The second kappa shape index (κ2) is 5.97. The molecule has 0 aliphatic heterocycles. The Morgan fingerprint density at radius 1 is 1.29 bits per heavy atom. The van der Waals surface area contributed by atoms with Crippen LogP contribution in [0.2, 0.25) is 0 Å². The fourth-order valence-electron chi connectivity index (χ4n) is 2.25. The molecule has 1 unspecified atom stereocenters. The first kappa shape index (κ1) is 12.3. The Morgan fingerprint density at radius 2 is 2.06 bits per heavy atom. The van der Waals surface area contributed by atoms with Gasteiger partial charge in [0.05, 0.1) is 0 Å². The molecule has 0 saturated carbocycles. The van der Waals surface area contributed by atoms with Crippen LogP contribution in [-0.2, 0) is 0 Å². The van der Waals surface area contributed by atoms with Gasteiger partial charge in [-0.05, 0) is 56.3 Å². The Bertz CT molecular complexity index is 369. The number of allylic oxidation sites excluding steroid dienone is 2. The Balaban J connectivity index is 1.82. The van der Waals surface area contributed by atoms with Crippen LogP contribution in [0.25, 0.3) is 0 Å². The predicted octanol–water partition coefficient (Wildman–Crippen LogP) is 3.83. The minimum absolute atomic E-state index is 0.168. The molecule has 2 atom stereocenters. The van der Waals surface area contributed by atoms with Gasteiger partial charge < -0.3 is 5.32 Å². The van der Waals surface area contributed by atoms with E-state index in [4.69, 9.17) is 0 Å². The molecule has 1 N–H and O–H groups in total. The summed E-state index contributed by atoms with van der Waals surface area (Å²) in [5.74, 6) is 0.585. The maximum atomic E-state index is 12.8. The molecule has 2 rings (SSSR count). The van der Waals surface area contributed by atoms with E-state index in [1.165, 1.54) is 31.4 Å². The first-order valence-corrected chi connectivity index (χ1v) is 6.39. The first-order valence-electron chi connectivity index (χ1n) is 6.39. The summed E-state index contributed by atoms with van der Waals surface area (Å²) in [4.78, 5) is 0. The molecule has 0 saturated heterocycles. The van der Waals surface area contributed by atoms with Gasteiger partial charge in [-0.1, -0.05) is 24.3 Å². The van der Waals surface area contributed by atoms with Gasteiger partial charge in [-0.3, -0.25) is 0 Å². The van der Waals surface area contributed by atoms with E-state index in [0.29, 0.717) is 6.04 Å². The maximum Gasteiger partial charge on any atom is 0.123 e. The summed E-state index contributed by atoms with van der Waals surface area (Å²) >= 11 is 0. The highest BCUT2D eigenvalue weighted by Gasteiger charge is 2.11. The number of rotatable bonds is 4. The lowest BCUT2D eigenvalue weighted by Crippen LogP contribution is -2.26. The first-order chi connectivity index (χ1) is 8.25. The molecule has 0 heterocycles. The van der Waals surface area contributed by atoms with Crippen molar-refractivity contribution in [2.24, 2.45) is 5.92 Å². The third-order valence-electron chi connectivity index (χ3n) is 3.46. The molecular weight excluding hydrogens is 213 g/mol. The van der Waals surface area contributed by atoms with E-state index in [0.717, 1.165) is 18.0 Å². The van der Waals surface area contributed by atoms with Crippen LogP contribution in [0, 0.1) is 11.7 Å². The van der Waals surface area contributed by atoms with Crippen molar-refractivity contribution < 1.29 is 4.39 Å². The Morgan fingerprint density at radius 3 is 2.71 bits per heavy atom. The zero-order chi connectivity index (χ0) is 12.1. The van der Waals surface area contributed by atoms with Gasteiger partial charge in [0.25, 0.3) is 0 Å². The highest BCUT2D eigenvalue weighted by molar-refractivity contribution is 5.19. The van der Waals surface area contributed by atoms with Crippen LogP contribution in [0.4, 0.5) is 4.39 Å². The standard InChI is InChI=1S/C15H20FN/c1-12(14-7-9-15(16)10-8-14)17-11-13-5-3-2-4-6-13/h2-3,7-10,12-13,17H,4-6,11H2,1H3/t12-,13?/m0/s1. The monoisotopic (exact) mass is 233 g/mol. The van der Waals surface area contributed by atoms with E-state index in [-0.39, 0.29) is 5.82 Å². The van der Waals surface area contributed by atoms with Crippen LogP contribution in [0.15, 0.2) is 36.4 Å². The van der Waals surface area contributed by atoms with Gasteiger partial charge in [-0.15, -0.1) is 0 Å². The topological polar surface area (TPSA) is 12.0 Å². The zero-order valence-electron chi connectivity index (χ0n) is 10.3. The van der Waals surface area contributed by atoms with Gasteiger partial charge in [0.2, 0.25) is 0 Å².